The average Bonchev–Trinajstić information content (AvgIpc) is 3.62. The highest BCUT2D eigenvalue weighted by atomic mass is 15.1. The Hall–Kier alpha value is -3.72. The van der Waals surface area contributed by atoms with Crippen LogP contribution in [-0.4, -0.2) is 10.1 Å². The number of aromatic nitrogens is 1. The SMILES string of the molecule is C=C/C=C/c1ccc(NC(=C)C2(NC(=C)c3ccc4c(C5CCCCC5)c(C)n(CC(C=C)CC)c4c3)CCCC2)cc1. The second-order valence-corrected chi connectivity index (χ2v) is 12.8. The lowest BCUT2D eigenvalue weighted by atomic mass is 9.82. The molecule has 1 aromatic heterocycles. The van der Waals surface area contributed by atoms with Gasteiger partial charge in [0.15, 0.2) is 0 Å². The lowest BCUT2D eigenvalue weighted by Crippen LogP contribution is -2.45. The van der Waals surface area contributed by atoms with E-state index >= 15 is 0 Å². The number of allylic oxidation sites excluding steroid dienone is 3. The number of hydrogen-bond donors (Lipinski definition) is 2. The minimum absolute atomic E-state index is 0.227. The fourth-order valence-electron chi connectivity index (χ4n) is 7.43. The molecule has 2 N–H and O–H groups in total. The molecule has 3 nitrogen and oxygen atoms in total. The van der Waals surface area contributed by atoms with E-state index in [2.05, 4.69) is 110 Å². The van der Waals surface area contributed by atoms with Crippen molar-refractivity contribution < 1.29 is 0 Å². The number of benzene rings is 2. The van der Waals surface area contributed by atoms with E-state index < -0.39 is 0 Å². The second-order valence-electron chi connectivity index (χ2n) is 12.8. The molecule has 2 fully saturated rings. The van der Waals surface area contributed by atoms with Gasteiger partial charge in [0.2, 0.25) is 0 Å². The molecule has 2 aliphatic carbocycles. The van der Waals surface area contributed by atoms with Gasteiger partial charge in [0.1, 0.15) is 0 Å². The van der Waals surface area contributed by atoms with Crippen LogP contribution in [-0.2, 0) is 6.54 Å². The minimum atomic E-state index is -0.227. The lowest BCUT2D eigenvalue weighted by molar-refractivity contribution is 0.441. The van der Waals surface area contributed by atoms with Crippen LogP contribution in [0.15, 0.2) is 92.7 Å². The Morgan fingerprint density at radius 3 is 2.37 bits per heavy atom. The van der Waals surface area contributed by atoms with Crippen LogP contribution >= 0.6 is 0 Å². The summed E-state index contributed by atoms with van der Waals surface area (Å²) in [5.41, 5.74) is 9.47. The summed E-state index contributed by atoms with van der Waals surface area (Å²) in [5, 5.41) is 8.95. The smallest absolute Gasteiger partial charge is 0.0767 e. The Kier molecular flexibility index (Phi) is 9.80. The zero-order valence-corrected chi connectivity index (χ0v) is 26.6. The normalized spacial score (nSPS) is 17.6. The third-order valence-corrected chi connectivity index (χ3v) is 10.1. The molecule has 1 heterocycles. The van der Waals surface area contributed by atoms with Crippen molar-refractivity contribution in [3.8, 4) is 0 Å². The molecule has 0 aliphatic heterocycles. The highest BCUT2D eigenvalue weighted by Crippen LogP contribution is 2.42. The van der Waals surface area contributed by atoms with E-state index in [1.807, 2.05) is 6.08 Å². The standard InChI is InChI=1S/C40H51N3/c1-7-10-16-33-19-22-36(23-20-33)41-31(6)40(25-14-15-26-40)42-29(4)35-21-24-37-38(27-35)43(28-32(8-2)9-3)30(5)39(37)34-17-12-11-13-18-34/h7-8,10,16,19-24,27,32,34,41-42H,1-2,4,6,9,11-15,17-18,25-26,28H2,3,5H3/b16-10+. The number of anilines is 1. The third kappa shape index (κ3) is 6.61. The molecule has 2 aromatic carbocycles. The largest absolute Gasteiger partial charge is 0.374 e. The van der Waals surface area contributed by atoms with E-state index in [1.54, 1.807) is 11.6 Å². The van der Waals surface area contributed by atoms with Crippen molar-refractivity contribution in [2.45, 2.75) is 96.1 Å². The van der Waals surface area contributed by atoms with Gasteiger partial charge in [0, 0.05) is 40.2 Å². The van der Waals surface area contributed by atoms with Crippen molar-refractivity contribution in [2.24, 2.45) is 5.92 Å². The predicted molar refractivity (Wildman–Crippen MR) is 188 cm³/mol. The zero-order chi connectivity index (χ0) is 30.4. The lowest BCUT2D eigenvalue weighted by Gasteiger charge is -2.35. The summed E-state index contributed by atoms with van der Waals surface area (Å²) in [6.45, 7) is 22.6. The van der Waals surface area contributed by atoms with Crippen LogP contribution in [0, 0.1) is 12.8 Å². The van der Waals surface area contributed by atoms with Gasteiger partial charge in [-0.3, -0.25) is 0 Å². The molecule has 2 saturated carbocycles. The van der Waals surface area contributed by atoms with Crippen LogP contribution in [0.5, 0.6) is 0 Å². The highest BCUT2D eigenvalue weighted by Gasteiger charge is 2.37. The van der Waals surface area contributed by atoms with Crippen molar-refractivity contribution in [1.29, 1.82) is 0 Å². The van der Waals surface area contributed by atoms with Crippen LogP contribution in [0.2, 0.25) is 0 Å². The van der Waals surface area contributed by atoms with Crippen molar-refractivity contribution >= 4 is 28.4 Å². The van der Waals surface area contributed by atoms with E-state index in [0.29, 0.717) is 11.8 Å². The third-order valence-electron chi connectivity index (χ3n) is 10.1. The molecule has 43 heavy (non-hydrogen) atoms. The van der Waals surface area contributed by atoms with Gasteiger partial charge in [-0.15, -0.1) is 6.58 Å². The summed E-state index contributed by atoms with van der Waals surface area (Å²) in [4.78, 5) is 0. The number of hydrogen-bond acceptors (Lipinski definition) is 2. The molecule has 3 aromatic rings. The Morgan fingerprint density at radius 2 is 1.72 bits per heavy atom. The first-order valence-electron chi connectivity index (χ1n) is 16.5. The van der Waals surface area contributed by atoms with Gasteiger partial charge in [0.05, 0.1) is 5.54 Å². The summed E-state index contributed by atoms with van der Waals surface area (Å²) >= 11 is 0. The molecule has 1 atom stereocenters. The Labute approximate surface area is 260 Å². The molecule has 0 saturated heterocycles. The maximum atomic E-state index is 4.59. The fourth-order valence-corrected chi connectivity index (χ4v) is 7.43. The molecule has 3 heteroatoms. The molecular weight excluding hydrogens is 522 g/mol. The van der Waals surface area contributed by atoms with Gasteiger partial charge in [-0.25, -0.2) is 0 Å². The molecular formula is C40H51N3. The first kappa shape index (κ1) is 30.7. The number of fused-ring (bicyclic) bond motifs is 1. The van der Waals surface area contributed by atoms with Gasteiger partial charge < -0.3 is 15.2 Å². The van der Waals surface area contributed by atoms with Crippen LogP contribution in [0.1, 0.15) is 99.4 Å². The zero-order valence-electron chi connectivity index (χ0n) is 26.6. The molecule has 1 unspecified atom stereocenters. The van der Waals surface area contributed by atoms with E-state index in [9.17, 15) is 0 Å². The van der Waals surface area contributed by atoms with Crippen LogP contribution in [0.3, 0.4) is 0 Å². The van der Waals surface area contributed by atoms with Gasteiger partial charge in [-0.1, -0.05) is 107 Å². The molecule has 5 rings (SSSR count). The molecule has 0 spiro atoms. The summed E-state index contributed by atoms with van der Waals surface area (Å²) < 4.78 is 2.58. The maximum absolute atomic E-state index is 4.59. The van der Waals surface area contributed by atoms with E-state index in [1.165, 1.54) is 61.5 Å². The summed E-state index contributed by atoms with van der Waals surface area (Å²) in [6, 6.07) is 15.5. The van der Waals surface area contributed by atoms with E-state index in [4.69, 9.17) is 0 Å². The minimum Gasteiger partial charge on any atom is -0.374 e. The molecule has 0 bridgehead atoms. The Morgan fingerprint density at radius 1 is 1.00 bits per heavy atom. The van der Waals surface area contributed by atoms with Gasteiger partial charge in [-0.2, -0.15) is 0 Å². The van der Waals surface area contributed by atoms with Gasteiger partial charge in [0.25, 0.3) is 0 Å². The average molecular weight is 574 g/mol. The van der Waals surface area contributed by atoms with E-state index in [-0.39, 0.29) is 5.54 Å². The topological polar surface area (TPSA) is 29.0 Å². The molecule has 0 radical (unpaired) electrons. The number of rotatable bonds is 13. The quantitative estimate of drug-likeness (QED) is 0.157. The highest BCUT2D eigenvalue weighted by molar-refractivity contribution is 5.89. The molecule has 226 valence electrons. The van der Waals surface area contributed by atoms with Crippen LogP contribution in [0.25, 0.3) is 22.7 Å². The number of nitrogens with one attached hydrogen (secondary N) is 2. The van der Waals surface area contributed by atoms with Crippen molar-refractivity contribution in [2.75, 3.05) is 5.32 Å². The summed E-state index contributed by atoms with van der Waals surface area (Å²) in [5.74, 6) is 1.12. The van der Waals surface area contributed by atoms with Crippen LogP contribution in [0.4, 0.5) is 5.69 Å². The number of nitrogens with zero attached hydrogens (tertiary/aromatic N) is 1. The van der Waals surface area contributed by atoms with Gasteiger partial charge in [-0.05, 0) is 85.8 Å². The molecule has 0 amide bonds. The van der Waals surface area contributed by atoms with Gasteiger partial charge >= 0.3 is 0 Å². The van der Waals surface area contributed by atoms with Crippen molar-refractivity contribution in [3.63, 3.8) is 0 Å². The predicted octanol–water partition coefficient (Wildman–Crippen LogP) is 10.9. The maximum Gasteiger partial charge on any atom is 0.0767 e. The van der Waals surface area contributed by atoms with E-state index in [0.717, 1.165) is 54.0 Å². The first-order valence-corrected chi connectivity index (χ1v) is 16.5. The summed E-state index contributed by atoms with van der Waals surface area (Å²) in [7, 11) is 0. The summed E-state index contributed by atoms with van der Waals surface area (Å²) in [6.07, 6.45) is 20.2. The van der Waals surface area contributed by atoms with Crippen LogP contribution < -0.4 is 10.6 Å². The van der Waals surface area contributed by atoms with Crippen molar-refractivity contribution in [1.82, 2.24) is 9.88 Å². The Bertz CT molecular complexity index is 1490. The first-order chi connectivity index (χ1) is 20.9. The fraction of sp³-hybridized carbons (Fsp3) is 0.400. The molecule has 2 aliphatic rings. The Balaban J connectivity index is 1.42. The second kappa shape index (κ2) is 13.7. The monoisotopic (exact) mass is 573 g/mol. The van der Waals surface area contributed by atoms with Crippen molar-refractivity contribution in [3.05, 3.63) is 115 Å².